The first-order valence-electron chi connectivity index (χ1n) is 6.05. The Morgan fingerprint density at radius 3 is 2.81 bits per heavy atom. The van der Waals surface area contributed by atoms with E-state index < -0.39 is 0 Å². The van der Waals surface area contributed by atoms with Crippen molar-refractivity contribution >= 4 is 5.91 Å². The molecule has 0 bridgehead atoms. The van der Waals surface area contributed by atoms with E-state index in [-0.39, 0.29) is 18.6 Å². The molecular formula is C11H23N3O2. The molecule has 0 saturated carbocycles. The molecule has 5 nitrogen and oxygen atoms in total. The van der Waals surface area contributed by atoms with Gasteiger partial charge in [-0.2, -0.15) is 0 Å². The number of hydrogen-bond acceptors (Lipinski definition) is 4. The number of aliphatic hydroxyl groups is 1. The molecule has 1 rings (SSSR count). The molecule has 1 amide bonds. The molecule has 0 aromatic rings. The number of aliphatic hydroxyl groups excluding tert-OH is 1. The van der Waals surface area contributed by atoms with Crippen LogP contribution in [-0.2, 0) is 4.79 Å². The van der Waals surface area contributed by atoms with Crippen LogP contribution in [0, 0.1) is 0 Å². The largest absolute Gasteiger partial charge is 0.396 e. The van der Waals surface area contributed by atoms with Crippen LogP contribution < -0.4 is 10.6 Å². The number of carbonyl (C=O) groups is 1. The lowest BCUT2D eigenvalue weighted by atomic mass is 10.2. The molecule has 3 N–H and O–H groups in total. The minimum absolute atomic E-state index is 0.0726. The van der Waals surface area contributed by atoms with Crippen molar-refractivity contribution in [3.8, 4) is 0 Å². The Morgan fingerprint density at radius 1 is 1.38 bits per heavy atom. The van der Waals surface area contributed by atoms with Gasteiger partial charge in [-0.1, -0.05) is 0 Å². The van der Waals surface area contributed by atoms with Crippen LogP contribution in [0.2, 0.25) is 0 Å². The Hall–Kier alpha value is -0.650. The third-order valence-electron chi connectivity index (χ3n) is 2.87. The summed E-state index contributed by atoms with van der Waals surface area (Å²) in [7, 11) is 1.84. The lowest BCUT2D eigenvalue weighted by Crippen LogP contribution is -2.56. The maximum Gasteiger partial charge on any atom is 0.240 e. The molecule has 0 spiro atoms. The third kappa shape index (κ3) is 4.47. The number of nitrogens with one attached hydrogen (secondary N) is 2. The van der Waals surface area contributed by atoms with Gasteiger partial charge in [0.2, 0.25) is 5.91 Å². The zero-order chi connectivity index (χ0) is 11.8. The highest BCUT2D eigenvalue weighted by Crippen LogP contribution is 2.00. The van der Waals surface area contributed by atoms with Crippen molar-refractivity contribution in [1.82, 2.24) is 15.5 Å². The molecular weight excluding hydrogens is 206 g/mol. The average molecular weight is 229 g/mol. The van der Waals surface area contributed by atoms with E-state index in [0.29, 0.717) is 0 Å². The number of unbranched alkanes of at least 4 members (excludes halogenated alkanes) is 2. The topological polar surface area (TPSA) is 64.6 Å². The summed E-state index contributed by atoms with van der Waals surface area (Å²) in [5, 5.41) is 15.1. The van der Waals surface area contributed by atoms with Gasteiger partial charge in [-0.05, 0) is 19.3 Å². The molecule has 0 aromatic heterocycles. The molecule has 16 heavy (non-hydrogen) atoms. The first-order chi connectivity index (χ1) is 7.75. The van der Waals surface area contributed by atoms with Crippen molar-refractivity contribution in [3.63, 3.8) is 0 Å². The Bertz CT molecular complexity index is 205. The fraction of sp³-hybridized carbons (Fsp3) is 0.909. The first kappa shape index (κ1) is 13.4. The van der Waals surface area contributed by atoms with E-state index >= 15 is 0 Å². The maximum atomic E-state index is 11.9. The second kappa shape index (κ2) is 7.60. The Kier molecular flexibility index (Phi) is 6.37. The maximum absolute atomic E-state index is 11.9. The SMILES string of the molecule is CN(CCCCCO)C(=O)C1CNCCN1. The van der Waals surface area contributed by atoms with Gasteiger partial charge in [-0.3, -0.25) is 4.79 Å². The third-order valence-corrected chi connectivity index (χ3v) is 2.87. The monoisotopic (exact) mass is 229 g/mol. The van der Waals surface area contributed by atoms with Crippen LogP contribution >= 0.6 is 0 Å². The predicted molar refractivity (Wildman–Crippen MR) is 63.2 cm³/mol. The van der Waals surface area contributed by atoms with Crippen molar-refractivity contribution < 1.29 is 9.90 Å². The minimum atomic E-state index is -0.0726. The first-order valence-corrected chi connectivity index (χ1v) is 6.05. The molecule has 1 atom stereocenters. The molecule has 94 valence electrons. The summed E-state index contributed by atoms with van der Waals surface area (Å²) in [5.74, 6) is 0.163. The second-order valence-corrected chi connectivity index (χ2v) is 4.25. The Morgan fingerprint density at radius 2 is 2.19 bits per heavy atom. The van der Waals surface area contributed by atoms with Gasteiger partial charge in [0.05, 0.1) is 6.04 Å². The normalized spacial score (nSPS) is 20.8. The van der Waals surface area contributed by atoms with E-state index in [4.69, 9.17) is 5.11 Å². The van der Waals surface area contributed by atoms with Gasteiger partial charge in [-0.15, -0.1) is 0 Å². The number of carbonyl (C=O) groups excluding carboxylic acids is 1. The predicted octanol–water partition coefficient (Wildman–Crippen LogP) is -0.831. The number of likely N-dealkylation sites (N-methyl/N-ethyl adjacent to an activating group) is 1. The number of rotatable bonds is 6. The molecule has 0 aliphatic carbocycles. The molecule has 1 aliphatic heterocycles. The fourth-order valence-electron chi connectivity index (χ4n) is 1.84. The summed E-state index contributed by atoms with van der Waals surface area (Å²) in [6, 6.07) is -0.0726. The van der Waals surface area contributed by atoms with Crippen LogP contribution in [0.5, 0.6) is 0 Å². The van der Waals surface area contributed by atoms with E-state index in [2.05, 4.69) is 10.6 Å². The number of piperazine rings is 1. The van der Waals surface area contributed by atoms with E-state index in [1.54, 1.807) is 4.90 Å². The zero-order valence-electron chi connectivity index (χ0n) is 10.0. The van der Waals surface area contributed by atoms with Gasteiger partial charge in [0.25, 0.3) is 0 Å². The van der Waals surface area contributed by atoms with Gasteiger partial charge in [-0.25, -0.2) is 0 Å². The highest BCUT2D eigenvalue weighted by atomic mass is 16.2. The van der Waals surface area contributed by atoms with Crippen molar-refractivity contribution in [1.29, 1.82) is 0 Å². The second-order valence-electron chi connectivity index (χ2n) is 4.25. The summed E-state index contributed by atoms with van der Waals surface area (Å²) in [4.78, 5) is 13.7. The van der Waals surface area contributed by atoms with Crippen LogP contribution in [-0.4, -0.2) is 61.8 Å². The number of nitrogens with zero attached hydrogens (tertiary/aromatic N) is 1. The van der Waals surface area contributed by atoms with Crippen molar-refractivity contribution in [2.75, 3.05) is 39.8 Å². The molecule has 0 radical (unpaired) electrons. The lowest BCUT2D eigenvalue weighted by Gasteiger charge is -2.28. The van der Waals surface area contributed by atoms with E-state index in [1.165, 1.54) is 0 Å². The average Bonchev–Trinajstić information content (AvgIpc) is 2.34. The summed E-state index contributed by atoms with van der Waals surface area (Å²) in [6.07, 6.45) is 2.76. The van der Waals surface area contributed by atoms with Crippen molar-refractivity contribution in [2.24, 2.45) is 0 Å². The van der Waals surface area contributed by atoms with Crippen LogP contribution in [0.25, 0.3) is 0 Å². The van der Waals surface area contributed by atoms with Gasteiger partial charge in [0.15, 0.2) is 0 Å². The Balaban J connectivity index is 2.18. The number of hydrogen-bond donors (Lipinski definition) is 3. The highest BCUT2D eigenvalue weighted by Gasteiger charge is 2.22. The zero-order valence-corrected chi connectivity index (χ0v) is 10.0. The van der Waals surface area contributed by atoms with Crippen LogP contribution in [0.3, 0.4) is 0 Å². The van der Waals surface area contributed by atoms with Gasteiger partial charge >= 0.3 is 0 Å². The summed E-state index contributed by atoms with van der Waals surface area (Å²) < 4.78 is 0. The van der Waals surface area contributed by atoms with E-state index in [9.17, 15) is 4.79 Å². The van der Waals surface area contributed by atoms with Crippen LogP contribution in [0.15, 0.2) is 0 Å². The molecule has 1 heterocycles. The van der Waals surface area contributed by atoms with Crippen molar-refractivity contribution in [3.05, 3.63) is 0 Å². The minimum Gasteiger partial charge on any atom is -0.396 e. The highest BCUT2D eigenvalue weighted by molar-refractivity contribution is 5.82. The fourth-order valence-corrected chi connectivity index (χ4v) is 1.84. The lowest BCUT2D eigenvalue weighted by molar-refractivity contribution is -0.132. The molecule has 1 unspecified atom stereocenters. The van der Waals surface area contributed by atoms with Crippen LogP contribution in [0.1, 0.15) is 19.3 Å². The van der Waals surface area contributed by atoms with E-state index in [1.807, 2.05) is 7.05 Å². The van der Waals surface area contributed by atoms with E-state index in [0.717, 1.165) is 45.4 Å². The molecule has 1 fully saturated rings. The Labute approximate surface area is 97.2 Å². The van der Waals surface area contributed by atoms with Gasteiger partial charge in [0, 0.05) is 39.8 Å². The summed E-state index contributed by atoms with van der Waals surface area (Å²) in [6.45, 7) is 3.53. The molecule has 1 saturated heterocycles. The molecule has 1 aliphatic rings. The quantitative estimate of drug-likeness (QED) is 0.520. The summed E-state index contributed by atoms with van der Waals surface area (Å²) in [5.41, 5.74) is 0. The van der Waals surface area contributed by atoms with Gasteiger partial charge in [0.1, 0.15) is 0 Å². The standard InChI is InChI=1S/C11H23N3O2/c1-14(7-3-2-4-8-15)11(16)10-9-12-5-6-13-10/h10,12-13,15H,2-9H2,1H3. The van der Waals surface area contributed by atoms with Crippen molar-refractivity contribution in [2.45, 2.75) is 25.3 Å². The van der Waals surface area contributed by atoms with Gasteiger partial charge < -0.3 is 20.6 Å². The molecule has 0 aromatic carbocycles. The van der Waals surface area contributed by atoms with Crippen LogP contribution in [0.4, 0.5) is 0 Å². The summed E-state index contributed by atoms with van der Waals surface area (Å²) >= 11 is 0. The smallest absolute Gasteiger partial charge is 0.240 e. The number of amides is 1. The molecule has 5 heteroatoms.